The Bertz CT molecular complexity index is 1100. The average molecular weight is 368 g/mol. The Balaban J connectivity index is 2.12. The van der Waals surface area contributed by atoms with Crippen molar-refractivity contribution in [1.82, 2.24) is 9.55 Å². The first-order valence-electron chi connectivity index (χ1n) is 7.72. The maximum absolute atomic E-state index is 13.1. The molecule has 1 atom stereocenters. The molecule has 2 heterocycles. The smallest absolute Gasteiger partial charge is 0.328 e. The quantitative estimate of drug-likeness (QED) is 0.456. The molecular formula is C18H13FN4O4. The lowest BCUT2D eigenvalue weighted by molar-refractivity contribution is -0.137. The summed E-state index contributed by atoms with van der Waals surface area (Å²) in [5.74, 6) is -3.62. The van der Waals surface area contributed by atoms with Gasteiger partial charge in [0.25, 0.3) is 0 Å². The molecule has 2 aromatic heterocycles. The SMILES string of the molecule is N#Cc1nc(C(=O)C(N)C(=O)O)c(O)c2ccn(Cc3ccc(F)cc3)c12. The van der Waals surface area contributed by atoms with Gasteiger partial charge in [-0.2, -0.15) is 5.26 Å². The number of halogens is 1. The monoisotopic (exact) mass is 368 g/mol. The second-order valence-electron chi connectivity index (χ2n) is 5.78. The molecule has 1 aromatic carbocycles. The van der Waals surface area contributed by atoms with E-state index in [-0.39, 0.29) is 29.0 Å². The van der Waals surface area contributed by atoms with Crippen molar-refractivity contribution in [3.8, 4) is 11.8 Å². The number of nitrogens with two attached hydrogens (primary N) is 1. The summed E-state index contributed by atoms with van der Waals surface area (Å²) in [5.41, 5.74) is 5.56. The molecule has 0 fully saturated rings. The highest BCUT2D eigenvalue weighted by Crippen LogP contribution is 2.31. The lowest BCUT2D eigenvalue weighted by Crippen LogP contribution is -2.39. The van der Waals surface area contributed by atoms with Crippen LogP contribution in [0.15, 0.2) is 36.5 Å². The van der Waals surface area contributed by atoms with Crippen LogP contribution in [0.25, 0.3) is 10.9 Å². The van der Waals surface area contributed by atoms with Crippen LogP contribution >= 0.6 is 0 Å². The number of carboxylic acid groups (broad SMARTS) is 1. The number of benzene rings is 1. The minimum atomic E-state index is -1.91. The summed E-state index contributed by atoms with van der Waals surface area (Å²) >= 11 is 0. The van der Waals surface area contributed by atoms with Crippen molar-refractivity contribution in [2.24, 2.45) is 5.73 Å². The molecule has 0 aliphatic rings. The van der Waals surface area contributed by atoms with Crippen molar-refractivity contribution in [2.45, 2.75) is 12.6 Å². The van der Waals surface area contributed by atoms with Gasteiger partial charge in [-0.1, -0.05) is 12.1 Å². The number of fused-ring (bicyclic) bond motifs is 1. The van der Waals surface area contributed by atoms with E-state index >= 15 is 0 Å². The Morgan fingerprint density at radius 3 is 2.56 bits per heavy atom. The largest absolute Gasteiger partial charge is 0.505 e. The number of hydrogen-bond acceptors (Lipinski definition) is 6. The number of aromatic nitrogens is 2. The van der Waals surface area contributed by atoms with Crippen molar-refractivity contribution in [2.75, 3.05) is 0 Å². The number of aliphatic carboxylic acids is 1. The highest BCUT2D eigenvalue weighted by atomic mass is 19.1. The van der Waals surface area contributed by atoms with Crippen LogP contribution in [0.4, 0.5) is 4.39 Å². The van der Waals surface area contributed by atoms with E-state index in [9.17, 15) is 24.3 Å². The minimum Gasteiger partial charge on any atom is -0.505 e. The van der Waals surface area contributed by atoms with Crippen LogP contribution in [0.1, 0.15) is 21.7 Å². The number of rotatable bonds is 5. The number of pyridine rings is 1. The Hall–Kier alpha value is -3.77. The Labute approximate surface area is 151 Å². The lowest BCUT2D eigenvalue weighted by atomic mass is 10.1. The molecule has 1 unspecified atom stereocenters. The number of ketones is 1. The summed E-state index contributed by atoms with van der Waals surface area (Å²) in [5, 5.41) is 28.8. The van der Waals surface area contributed by atoms with E-state index in [2.05, 4.69) is 4.98 Å². The molecule has 0 aliphatic heterocycles. The first-order valence-corrected chi connectivity index (χ1v) is 7.72. The minimum absolute atomic E-state index is 0.157. The van der Waals surface area contributed by atoms with Crippen molar-refractivity contribution in [1.29, 1.82) is 5.26 Å². The van der Waals surface area contributed by atoms with Crippen molar-refractivity contribution < 1.29 is 24.2 Å². The van der Waals surface area contributed by atoms with Crippen LogP contribution in [0.2, 0.25) is 0 Å². The fraction of sp³-hybridized carbons (Fsp3) is 0.111. The molecule has 0 radical (unpaired) electrons. The molecule has 0 aliphatic carbocycles. The van der Waals surface area contributed by atoms with Gasteiger partial charge in [0.05, 0.1) is 5.52 Å². The molecule has 3 rings (SSSR count). The van der Waals surface area contributed by atoms with Gasteiger partial charge in [-0.3, -0.25) is 9.59 Å². The third kappa shape index (κ3) is 3.21. The zero-order valence-corrected chi connectivity index (χ0v) is 13.8. The fourth-order valence-electron chi connectivity index (χ4n) is 2.70. The van der Waals surface area contributed by atoms with Crippen LogP contribution in [-0.2, 0) is 11.3 Å². The predicted octanol–water partition coefficient (Wildman–Crippen LogP) is 1.40. The van der Waals surface area contributed by atoms with E-state index in [0.29, 0.717) is 0 Å². The van der Waals surface area contributed by atoms with Crippen LogP contribution in [-0.4, -0.2) is 37.6 Å². The first-order chi connectivity index (χ1) is 12.8. The van der Waals surface area contributed by atoms with Gasteiger partial charge in [-0.05, 0) is 23.8 Å². The van der Waals surface area contributed by atoms with E-state index in [4.69, 9.17) is 10.8 Å². The zero-order chi connectivity index (χ0) is 19.7. The number of nitrogens with zero attached hydrogens (tertiary/aromatic N) is 3. The van der Waals surface area contributed by atoms with Gasteiger partial charge < -0.3 is 20.5 Å². The Kier molecular flexibility index (Phi) is 4.58. The van der Waals surface area contributed by atoms with E-state index in [1.165, 1.54) is 18.2 Å². The molecule has 0 amide bonds. The summed E-state index contributed by atoms with van der Waals surface area (Å²) in [7, 11) is 0. The number of Topliss-reactive ketones (excluding diaryl/α,β-unsaturated/α-hetero) is 1. The molecule has 3 aromatic rings. The summed E-state index contributed by atoms with van der Waals surface area (Å²) < 4.78 is 14.7. The standard InChI is InChI=1S/C18H13FN4O4/c19-10-3-1-9(2-4-10)8-23-6-5-11-15(23)12(7-20)22-14(16(11)24)17(25)13(21)18(26)27/h1-6,13,24H,8,21H2,(H,26,27). The molecule has 0 saturated carbocycles. The van der Waals surface area contributed by atoms with Gasteiger partial charge in [0, 0.05) is 18.1 Å². The van der Waals surface area contributed by atoms with Gasteiger partial charge in [0.1, 0.15) is 11.9 Å². The van der Waals surface area contributed by atoms with Crippen LogP contribution in [0.5, 0.6) is 5.75 Å². The summed E-state index contributed by atoms with van der Waals surface area (Å²) in [6, 6.07) is 7.14. The number of carbonyl (C=O) groups excluding carboxylic acids is 1. The normalized spacial score (nSPS) is 11.9. The molecule has 8 nitrogen and oxygen atoms in total. The lowest BCUT2D eigenvalue weighted by Gasteiger charge is -2.11. The molecule has 4 N–H and O–H groups in total. The first kappa shape index (κ1) is 18.0. The van der Waals surface area contributed by atoms with Crippen LogP contribution in [0, 0.1) is 17.1 Å². The second-order valence-corrected chi connectivity index (χ2v) is 5.78. The third-order valence-corrected chi connectivity index (χ3v) is 4.04. The second kappa shape index (κ2) is 6.86. The zero-order valence-electron chi connectivity index (χ0n) is 13.8. The third-order valence-electron chi connectivity index (χ3n) is 4.04. The molecule has 0 spiro atoms. The number of carbonyl (C=O) groups is 2. The Morgan fingerprint density at radius 1 is 1.30 bits per heavy atom. The predicted molar refractivity (Wildman–Crippen MR) is 91.6 cm³/mol. The van der Waals surface area contributed by atoms with Gasteiger partial charge in [-0.25, -0.2) is 9.37 Å². The van der Waals surface area contributed by atoms with Crippen molar-refractivity contribution in [3.05, 3.63) is 59.3 Å². The van der Waals surface area contributed by atoms with Gasteiger partial charge in [0.15, 0.2) is 23.2 Å². The van der Waals surface area contributed by atoms with E-state index in [1.807, 2.05) is 6.07 Å². The summed E-state index contributed by atoms with van der Waals surface area (Å²) in [6.07, 6.45) is 1.57. The topological polar surface area (TPSA) is 142 Å². The van der Waals surface area contributed by atoms with Crippen LogP contribution < -0.4 is 5.73 Å². The van der Waals surface area contributed by atoms with Gasteiger partial charge in [-0.15, -0.1) is 0 Å². The highest BCUT2D eigenvalue weighted by molar-refractivity contribution is 6.13. The summed E-state index contributed by atoms with van der Waals surface area (Å²) in [4.78, 5) is 26.9. The van der Waals surface area contributed by atoms with Crippen LogP contribution in [0.3, 0.4) is 0 Å². The molecule has 136 valence electrons. The van der Waals surface area contributed by atoms with E-state index in [1.54, 1.807) is 22.9 Å². The molecular weight excluding hydrogens is 355 g/mol. The molecule has 0 bridgehead atoms. The maximum atomic E-state index is 13.1. The number of aromatic hydroxyl groups is 1. The molecule has 27 heavy (non-hydrogen) atoms. The van der Waals surface area contributed by atoms with E-state index in [0.717, 1.165) is 5.56 Å². The van der Waals surface area contributed by atoms with Gasteiger partial charge >= 0.3 is 5.97 Å². The molecule has 9 heteroatoms. The number of hydrogen-bond donors (Lipinski definition) is 3. The maximum Gasteiger partial charge on any atom is 0.328 e. The van der Waals surface area contributed by atoms with E-state index < -0.39 is 29.2 Å². The van der Waals surface area contributed by atoms with Crippen molar-refractivity contribution in [3.63, 3.8) is 0 Å². The number of carboxylic acids is 1. The van der Waals surface area contributed by atoms with Crippen molar-refractivity contribution >= 4 is 22.7 Å². The average Bonchev–Trinajstić information content (AvgIpc) is 3.07. The highest BCUT2D eigenvalue weighted by Gasteiger charge is 2.29. The summed E-state index contributed by atoms with van der Waals surface area (Å²) in [6.45, 7) is 0.265. The fourth-order valence-corrected chi connectivity index (χ4v) is 2.70. The number of nitriles is 1. The molecule has 0 saturated heterocycles. The Morgan fingerprint density at radius 2 is 1.96 bits per heavy atom. The van der Waals surface area contributed by atoms with Gasteiger partial charge in [0.2, 0.25) is 5.78 Å².